The van der Waals surface area contributed by atoms with Crippen LogP contribution < -0.4 is 4.74 Å². The Morgan fingerprint density at radius 3 is 2.78 bits per heavy atom. The number of nitriles is 1. The van der Waals surface area contributed by atoms with E-state index in [4.69, 9.17) is 4.74 Å². The van der Waals surface area contributed by atoms with Crippen molar-refractivity contribution in [2.45, 2.75) is 20.4 Å². The molecule has 1 heterocycles. The highest BCUT2D eigenvalue weighted by molar-refractivity contribution is 5.91. The minimum Gasteiger partial charge on any atom is -0.487 e. The number of nitrogens with zero attached hydrogens (tertiary/aromatic N) is 4. The summed E-state index contributed by atoms with van der Waals surface area (Å²) >= 11 is 0. The molecule has 0 aliphatic carbocycles. The minimum absolute atomic E-state index is 0.133. The van der Waals surface area contributed by atoms with E-state index >= 15 is 0 Å². The second-order valence-corrected chi connectivity index (χ2v) is 5.76. The molecule has 0 radical (unpaired) electrons. The Morgan fingerprint density at radius 2 is 2.11 bits per heavy atom. The fraction of sp³-hybridized carbons (Fsp3) is 0.200. The van der Waals surface area contributed by atoms with Gasteiger partial charge in [-0.25, -0.2) is 4.98 Å². The van der Waals surface area contributed by atoms with E-state index in [0.717, 1.165) is 11.0 Å². The molecule has 0 bridgehead atoms. The first-order valence-electron chi connectivity index (χ1n) is 8.57. The maximum Gasteiger partial charge on any atom is 0.311 e. The Kier molecular flexibility index (Phi) is 5.18. The predicted molar refractivity (Wildman–Crippen MR) is 103 cm³/mol. The van der Waals surface area contributed by atoms with Crippen LogP contribution in [0.25, 0.3) is 22.7 Å². The molecule has 1 aromatic heterocycles. The lowest BCUT2D eigenvalue weighted by Crippen LogP contribution is -2.01. The number of rotatable bonds is 6. The number of nitro benzene ring substituents is 1. The maximum absolute atomic E-state index is 11.3. The van der Waals surface area contributed by atoms with Crippen LogP contribution in [0, 0.1) is 21.4 Å². The van der Waals surface area contributed by atoms with Crippen LogP contribution in [0.1, 0.15) is 25.2 Å². The number of hydrogen-bond acceptors (Lipinski definition) is 5. The number of benzene rings is 2. The van der Waals surface area contributed by atoms with Crippen LogP contribution >= 0.6 is 0 Å². The molecular weight excluding hydrogens is 344 g/mol. The molecule has 0 saturated heterocycles. The standard InChI is InChI=1S/C20H18N4O3/c1-3-23-17-8-6-5-7-16(17)22-20(23)15(13-21)11-14-9-10-19(27-4-2)18(12-14)24(25)26/h5-12H,3-4H2,1-2H3/b15-11-. The second kappa shape index (κ2) is 7.70. The zero-order chi connectivity index (χ0) is 19.4. The topological polar surface area (TPSA) is 94.0 Å². The summed E-state index contributed by atoms with van der Waals surface area (Å²) in [6.45, 7) is 4.73. The number of ether oxygens (including phenoxy) is 1. The molecule has 3 aromatic rings. The summed E-state index contributed by atoms with van der Waals surface area (Å²) in [6.07, 6.45) is 1.61. The van der Waals surface area contributed by atoms with Crippen molar-refractivity contribution in [2.24, 2.45) is 0 Å². The summed E-state index contributed by atoms with van der Waals surface area (Å²) in [5.41, 5.74) is 2.48. The van der Waals surface area contributed by atoms with Gasteiger partial charge in [-0.2, -0.15) is 5.26 Å². The van der Waals surface area contributed by atoms with Gasteiger partial charge in [0.2, 0.25) is 0 Å². The fourth-order valence-electron chi connectivity index (χ4n) is 2.96. The minimum atomic E-state index is -0.490. The van der Waals surface area contributed by atoms with Crippen molar-refractivity contribution in [2.75, 3.05) is 6.61 Å². The molecule has 0 amide bonds. The molecule has 0 spiro atoms. The first kappa shape index (κ1) is 18.1. The summed E-state index contributed by atoms with van der Waals surface area (Å²) < 4.78 is 7.25. The van der Waals surface area contributed by atoms with E-state index in [9.17, 15) is 15.4 Å². The van der Waals surface area contributed by atoms with Gasteiger partial charge in [-0.15, -0.1) is 0 Å². The van der Waals surface area contributed by atoms with Crippen LogP contribution in [0.15, 0.2) is 42.5 Å². The third-order valence-electron chi connectivity index (χ3n) is 4.12. The molecule has 0 saturated carbocycles. The van der Waals surface area contributed by atoms with E-state index in [2.05, 4.69) is 11.1 Å². The number of hydrogen-bond donors (Lipinski definition) is 0. The zero-order valence-electron chi connectivity index (χ0n) is 15.0. The molecule has 0 aliphatic heterocycles. The number of imidazole rings is 1. The van der Waals surface area contributed by atoms with Gasteiger partial charge >= 0.3 is 5.69 Å². The lowest BCUT2D eigenvalue weighted by Gasteiger charge is -2.06. The highest BCUT2D eigenvalue weighted by Crippen LogP contribution is 2.30. The van der Waals surface area contributed by atoms with Gasteiger partial charge in [-0.05, 0) is 43.7 Å². The Labute approximate surface area is 156 Å². The van der Waals surface area contributed by atoms with Crippen molar-refractivity contribution in [1.29, 1.82) is 5.26 Å². The summed E-state index contributed by atoms with van der Waals surface area (Å²) in [5.74, 6) is 0.747. The Balaban J connectivity index is 2.12. The quantitative estimate of drug-likeness (QED) is 0.367. The van der Waals surface area contributed by atoms with Crippen molar-refractivity contribution in [3.8, 4) is 11.8 Å². The van der Waals surface area contributed by atoms with Crippen LogP contribution in [0.5, 0.6) is 5.75 Å². The average molecular weight is 362 g/mol. The van der Waals surface area contributed by atoms with Gasteiger partial charge in [0, 0.05) is 12.6 Å². The lowest BCUT2D eigenvalue weighted by molar-refractivity contribution is -0.385. The Bertz CT molecular complexity index is 1080. The molecule has 3 rings (SSSR count). The molecule has 0 fully saturated rings. The molecule has 136 valence electrons. The van der Waals surface area contributed by atoms with Crippen LogP contribution in [0.4, 0.5) is 5.69 Å². The summed E-state index contributed by atoms with van der Waals surface area (Å²) in [4.78, 5) is 15.4. The molecule has 0 atom stereocenters. The van der Waals surface area contributed by atoms with Gasteiger partial charge in [0.15, 0.2) is 11.6 Å². The normalized spacial score (nSPS) is 11.4. The van der Waals surface area contributed by atoms with Crippen molar-refractivity contribution in [3.63, 3.8) is 0 Å². The van der Waals surface area contributed by atoms with Crippen molar-refractivity contribution in [1.82, 2.24) is 9.55 Å². The largest absolute Gasteiger partial charge is 0.487 e. The van der Waals surface area contributed by atoms with Crippen molar-refractivity contribution < 1.29 is 9.66 Å². The van der Waals surface area contributed by atoms with Crippen LogP contribution in [-0.2, 0) is 6.54 Å². The number of aromatic nitrogens is 2. The monoisotopic (exact) mass is 362 g/mol. The van der Waals surface area contributed by atoms with E-state index in [1.54, 1.807) is 25.1 Å². The van der Waals surface area contributed by atoms with Gasteiger partial charge in [0.1, 0.15) is 6.07 Å². The predicted octanol–water partition coefficient (Wildman–Crippen LogP) is 4.43. The van der Waals surface area contributed by atoms with Gasteiger partial charge in [-0.3, -0.25) is 10.1 Å². The molecule has 0 N–H and O–H groups in total. The first-order valence-corrected chi connectivity index (χ1v) is 8.57. The molecule has 7 nitrogen and oxygen atoms in total. The van der Waals surface area contributed by atoms with E-state index in [0.29, 0.717) is 30.1 Å². The van der Waals surface area contributed by atoms with E-state index in [1.807, 2.05) is 35.8 Å². The summed E-state index contributed by atoms with van der Waals surface area (Å²) in [6, 6.07) is 14.5. The fourth-order valence-corrected chi connectivity index (χ4v) is 2.96. The summed E-state index contributed by atoms with van der Waals surface area (Å²) in [5, 5.41) is 21.0. The summed E-state index contributed by atoms with van der Waals surface area (Å²) in [7, 11) is 0. The number of fused-ring (bicyclic) bond motifs is 1. The molecule has 2 aromatic carbocycles. The highest BCUT2D eigenvalue weighted by Gasteiger charge is 2.17. The third kappa shape index (κ3) is 3.51. The number of allylic oxidation sites excluding steroid dienone is 1. The van der Waals surface area contributed by atoms with Crippen molar-refractivity contribution in [3.05, 3.63) is 64.0 Å². The van der Waals surface area contributed by atoms with E-state index < -0.39 is 4.92 Å². The molecule has 27 heavy (non-hydrogen) atoms. The molecule has 0 aliphatic rings. The van der Waals surface area contributed by atoms with Crippen LogP contribution in [0.2, 0.25) is 0 Å². The van der Waals surface area contributed by atoms with E-state index in [-0.39, 0.29) is 11.4 Å². The molecule has 0 unspecified atom stereocenters. The third-order valence-corrected chi connectivity index (χ3v) is 4.12. The highest BCUT2D eigenvalue weighted by atomic mass is 16.6. The maximum atomic E-state index is 11.3. The lowest BCUT2D eigenvalue weighted by atomic mass is 10.1. The van der Waals surface area contributed by atoms with Crippen LogP contribution in [0.3, 0.4) is 0 Å². The smallest absolute Gasteiger partial charge is 0.311 e. The van der Waals surface area contributed by atoms with Crippen molar-refractivity contribution >= 4 is 28.4 Å². The molecule has 7 heteroatoms. The van der Waals surface area contributed by atoms with Crippen LogP contribution in [-0.4, -0.2) is 21.1 Å². The SMILES string of the molecule is CCOc1ccc(/C=C(/C#N)c2nc3ccccc3n2CC)cc1[N+](=O)[O-]. The van der Waals surface area contributed by atoms with Gasteiger partial charge in [0.25, 0.3) is 0 Å². The van der Waals surface area contributed by atoms with E-state index in [1.165, 1.54) is 6.07 Å². The Hall–Kier alpha value is -3.66. The van der Waals surface area contributed by atoms with Gasteiger partial charge < -0.3 is 9.30 Å². The zero-order valence-corrected chi connectivity index (χ0v) is 15.0. The van der Waals surface area contributed by atoms with Gasteiger partial charge in [0.05, 0.1) is 28.1 Å². The second-order valence-electron chi connectivity index (χ2n) is 5.76. The number of para-hydroxylation sites is 2. The molecular formula is C20H18N4O3. The van der Waals surface area contributed by atoms with Gasteiger partial charge in [-0.1, -0.05) is 18.2 Å². The average Bonchev–Trinajstić information content (AvgIpc) is 3.05. The number of aryl methyl sites for hydroxylation is 1. The Morgan fingerprint density at radius 1 is 1.33 bits per heavy atom. The first-order chi connectivity index (χ1) is 13.1. The number of nitro groups is 1.